The molecule has 0 aliphatic heterocycles. The van der Waals surface area contributed by atoms with E-state index in [1.54, 1.807) is 58.2 Å². The smallest absolute Gasteiger partial charge is 0.344 e. The van der Waals surface area contributed by atoms with Crippen molar-refractivity contribution in [3.8, 4) is 11.5 Å². The summed E-state index contributed by atoms with van der Waals surface area (Å²) in [7, 11) is 1.60. The summed E-state index contributed by atoms with van der Waals surface area (Å²) in [4.78, 5) is 24.1. The molecule has 0 saturated heterocycles. The van der Waals surface area contributed by atoms with Crippen LogP contribution < -0.4 is 9.47 Å². The van der Waals surface area contributed by atoms with Gasteiger partial charge in [0.2, 0.25) is 0 Å². The molecule has 2 rings (SSSR count). The second-order valence-electron chi connectivity index (χ2n) is 6.87. The number of rotatable bonds is 7. The maximum Gasteiger partial charge on any atom is 0.344 e. The second-order valence-corrected chi connectivity index (χ2v) is 6.87. The first-order chi connectivity index (χ1) is 12.8. The molecule has 0 amide bonds. The largest absolute Gasteiger partial charge is 0.497 e. The number of carbonyl (C=O) groups excluding carboxylic acids is 2. The molecule has 142 valence electrons. The van der Waals surface area contributed by atoms with Crippen molar-refractivity contribution in [3.05, 3.63) is 65.7 Å². The van der Waals surface area contributed by atoms with Crippen LogP contribution in [-0.2, 0) is 9.53 Å². The highest BCUT2D eigenvalue weighted by atomic mass is 16.6. The number of ketones is 1. The summed E-state index contributed by atoms with van der Waals surface area (Å²) >= 11 is 0. The van der Waals surface area contributed by atoms with Crippen molar-refractivity contribution in [2.45, 2.75) is 26.4 Å². The fraction of sp³-hybridized carbons (Fsp3) is 0.273. The van der Waals surface area contributed by atoms with Gasteiger partial charge < -0.3 is 14.2 Å². The van der Waals surface area contributed by atoms with Gasteiger partial charge in [0.15, 0.2) is 12.4 Å². The Morgan fingerprint density at radius 1 is 1.00 bits per heavy atom. The van der Waals surface area contributed by atoms with Gasteiger partial charge in [-0.2, -0.15) is 0 Å². The topological polar surface area (TPSA) is 61.8 Å². The van der Waals surface area contributed by atoms with Crippen LogP contribution in [-0.4, -0.2) is 31.1 Å². The Morgan fingerprint density at radius 3 is 2.33 bits per heavy atom. The van der Waals surface area contributed by atoms with E-state index >= 15 is 0 Å². The van der Waals surface area contributed by atoms with Crippen LogP contribution in [0.1, 0.15) is 36.7 Å². The SMILES string of the molecule is COc1ccc(/C=C/C(=O)c2cccc(OCC(=O)OC(C)(C)C)c2)cc1. The van der Waals surface area contributed by atoms with Gasteiger partial charge in [-0.3, -0.25) is 4.79 Å². The van der Waals surface area contributed by atoms with E-state index in [1.807, 2.05) is 24.3 Å². The van der Waals surface area contributed by atoms with E-state index < -0.39 is 11.6 Å². The summed E-state index contributed by atoms with van der Waals surface area (Å²) in [5.41, 5.74) is 0.799. The van der Waals surface area contributed by atoms with Gasteiger partial charge in [0, 0.05) is 5.56 Å². The molecule has 0 bridgehead atoms. The van der Waals surface area contributed by atoms with Crippen LogP contribution in [0.4, 0.5) is 0 Å². The molecule has 0 atom stereocenters. The van der Waals surface area contributed by atoms with Crippen LogP contribution in [0, 0.1) is 0 Å². The average Bonchev–Trinajstić information content (AvgIpc) is 2.63. The van der Waals surface area contributed by atoms with Gasteiger partial charge in [-0.25, -0.2) is 4.79 Å². The number of methoxy groups -OCH3 is 1. The number of carbonyl (C=O) groups is 2. The minimum absolute atomic E-state index is 0.159. The zero-order valence-electron chi connectivity index (χ0n) is 16.0. The lowest BCUT2D eigenvalue weighted by Gasteiger charge is -2.19. The van der Waals surface area contributed by atoms with Crippen LogP contribution >= 0.6 is 0 Å². The lowest BCUT2D eigenvalue weighted by atomic mass is 10.1. The third-order valence-electron chi connectivity index (χ3n) is 3.44. The lowest BCUT2D eigenvalue weighted by Crippen LogP contribution is -2.27. The first-order valence-corrected chi connectivity index (χ1v) is 8.58. The fourth-order valence-electron chi connectivity index (χ4n) is 2.24. The molecule has 0 aliphatic carbocycles. The summed E-state index contributed by atoms with van der Waals surface area (Å²) in [6.45, 7) is 5.16. The molecule has 27 heavy (non-hydrogen) atoms. The highest BCUT2D eigenvalue weighted by Gasteiger charge is 2.16. The maximum absolute atomic E-state index is 12.4. The van der Waals surface area contributed by atoms with E-state index in [-0.39, 0.29) is 12.4 Å². The molecular weight excluding hydrogens is 344 g/mol. The highest BCUT2D eigenvalue weighted by molar-refractivity contribution is 6.07. The van der Waals surface area contributed by atoms with Crippen molar-refractivity contribution in [3.63, 3.8) is 0 Å². The van der Waals surface area contributed by atoms with Crippen molar-refractivity contribution in [2.75, 3.05) is 13.7 Å². The Labute approximate surface area is 159 Å². The number of hydrogen-bond donors (Lipinski definition) is 0. The molecule has 5 heteroatoms. The molecule has 0 heterocycles. The Bertz CT molecular complexity index is 813. The van der Waals surface area contributed by atoms with Crippen LogP contribution in [0.2, 0.25) is 0 Å². The summed E-state index contributed by atoms with van der Waals surface area (Å²) in [6, 6.07) is 14.1. The van der Waals surface area contributed by atoms with Crippen molar-refractivity contribution in [1.29, 1.82) is 0 Å². The van der Waals surface area contributed by atoms with Crippen molar-refractivity contribution in [2.24, 2.45) is 0 Å². The Hall–Kier alpha value is -3.08. The number of benzene rings is 2. The first kappa shape index (κ1) is 20.2. The third-order valence-corrected chi connectivity index (χ3v) is 3.44. The van der Waals surface area contributed by atoms with Crippen LogP contribution in [0.3, 0.4) is 0 Å². The molecule has 0 spiro atoms. The van der Waals surface area contributed by atoms with E-state index in [2.05, 4.69) is 0 Å². The number of hydrogen-bond acceptors (Lipinski definition) is 5. The van der Waals surface area contributed by atoms with E-state index in [0.717, 1.165) is 11.3 Å². The van der Waals surface area contributed by atoms with Crippen LogP contribution in [0.5, 0.6) is 11.5 Å². The molecular formula is C22H24O5. The van der Waals surface area contributed by atoms with E-state index in [1.165, 1.54) is 6.08 Å². The van der Waals surface area contributed by atoms with E-state index in [4.69, 9.17) is 14.2 Å². The summed E-state index contributed by atoms with van der Waals surface area (Å²) in [5.74, 6) is 0.574. The second kappa shape index (κ2) is 9.03. The zero-order valence-corrected chi connectivity index (χ0v) is 16.0. The van der Waals surface area contributed by atoms with Crippen LogP contribution in [0.15, 0.2) is 54.6 Å². The predicted octanol–water partition coefficient (Wildman–Crippen LogP) is 4.31. The van der Waals surface area contributed by atoms with Gasteiger partial charge in [0.25, 0.3) is 0 Å². The molecule has 0 aliphatic rings. The summed E-state index contributed by atoms with van der Waals surface area (Å²) < 4.78 is 15.7. The molecule has 0 unspecified atom stereocenters. The highest BCUT2D eigenvalue weighted by Crippen LogP contribution is 2.16. The predicted molar refractivity (Wildman–Crippen MR) is 104 cm³/mol. The standard InChI is InChI=1S/C22H24O5/c1-22(2,3)27-21(24)15-26-19-7-5-6-17(14-19)20(23)13-10-16-8-11-18(25-4)12-9-16/h5-14H,15H2,1-4H3/b13-10+. The van der Waals surface area contributed by atoms with Crippen molar-refractivity contribution < 1.29 is 23.8 Å². The maximum atomic E-state index is 12.4. The molecule has 5 nitrogen and oxygen atoms in total. The van der Waals surface area contributed by atoms with Gasteiger partial charge in [0.1, 0.15) is 17.1 Å². The molecule has 0 radical (unpaired) electrons. The van der Waals surface area contributed by atoms with Crippen molar-refractivity contribution in [1.82, 2.24) is 0 Å². The summed E-state index contributed by atoms with van der Waals surface area (Å²) in [5, 5.41) is 0. The third kappa shape index (κ3) is 6.98. The van der Waals surface area contributed by atoms with Crippen molar-refractivity contribution >= 4 is 17.8 Å². The lowest BCUT2D eigenvalue weighted by molar-refractivity contribution is -0.157. The van der Waals surface area contributed by atoms with Gasteiger partial charge in [0.05, 0.1) is 7.11 Å². The first-order valence-electron chi connectivity index (χ1n) is 8.58. The minimum atomic E-state index is -0.565. The molecule has 0 N–H and O–H groups in total. The number of esters is 1. The molecule has 0 aromatic heterocycles. The Kier molecular flexibility index (Phi) is 6.77. The number of allylic oxidation sites excluding steroid dienone is 1. The van der Waals surface area contributed by atoms with Gasteiger partial charge in [-0.15, -0.1) is 0 Å². The van der Waals surface area contributed by atoms with Gasteiger partial charge in [-0.1, -0.05) is 30.3 Å². The number of ether oxygens (including phenoxy) is 3. The zero-order chi connectivity index (χ0) is 19.9. The molecule has 0 fully saturated rings. The minimum Gasteiger partial charge on any atom is -0.497 e. The average molecular weight is 368 g/mol. The fourth-order valence-corrected chi connectivity index (χ4v) is 2.24. The normalized spacial score (nSPS) is 11.3. The quantitative estimate of drug-likeness (QED) is 0.414. The monoisotopic (exact) mass is 368 g/mol. The Balaban J connectivity index is 1.97. The molecule has 2 aromatic carbocycles. The van der Waals surface area contributed by atoms with Crippen LogP contribution in [0.25, 0.3) is 6.08 Å². The van der Waals surface area contributed by atoms with E-state index in [0.29, 0.717) is 11.3 Å². The van der Waals surface area contributed by atoms with Gasteiger partial charge in [-0.05, 0) is 56.7 Å². The van der Waals surface area contributed by atoms with Gasteiger partial charge >= 0.3 is 5.97 Å². The summed E-state index contributed by atoms with van der Waals surface area (Å²) in [6.07, 6.45) is 3.23. The molecule has 2 aromatic rings. The Morgan fingerprint density at radius 2 is 1.70 bits per heavy atom. The molecule has 0 saturated carbocycles. The van der Waals surface area contributed by atoms with E-state index in [9.17, 15) is 9.59 Å².